The molecule has 122 valence electrons. The first-order valence-electron chi connectivity index (χ1n) is 7.34. The van der Waals surface area contributed by atoms with Crippen molar-refractivity contribution in [3.05, 3.63) is 0 Å². The third-order valence-corrected chi connectivity index (χ3v) is 6.34. The van der Waals surface area contributed by atoms with Gasteiger partial charge in [0.05, 0.1) is 19.3 Å². The zero-order valence-electron chi connectivity index (χ0n) is 12.5. The number of nitrogens with zero attached hydrogens (tertiary/aromatic N) is 1. The van der Waals surface area contributed by atoms with Crippen molar-refractivity contribution in [2.24, 2.45) is 5.41 Å². The Hall–Kier alpha value is -0.700. The number of aliphatic carboxylic acids is 1. The average molecular weight is 320 g/mol. The summed E-state index contributed by atoms with van der Waals surface area (Å²) < 4.78 is 34.0. The molecule has 0 spiro atoms. The molecule has 8 heteroatoms. The number of hydrogen-bond donors (Lipinski definition) is 2. The lowest BCUT2D eigenvalue weighted by atomic mass is 9.86. The fourth-order valence-corrected chi connectivity index (χ4v) is 4.41. The van der Waals surface area contributed by atoms with Crippen LogP contribution in [0.15, 0.2) is 0 Å². The molecule has 2 aliphatic rings. The van der Waals surface area contributed by atoms with Crippen LogP contribution in [-0.2, 0) is 19.7 Å². The number of carboxylic acids is 1. The molecule has 21 heavy (non-hydrogen) atoms. The normalized spacial score (nSPS) is 31.7. The van der Waals surface area contributed by atoms with E-state index < -0.39 is 27.6 Å². The number of hydrogen-bond acceptors (Lipinski definition) is 4. The highest BCUT2D eigenvalue weighted by Gasteiger charge is 2.48. The quantitative estimate of drug-likeness (QED) is 0.772. The Morgan fingerprint density at radius 3 is 2.52 bits per heavy atom. The van der Waals surface area contributed by atoms with Crippen LogP contribution in [-0.4, -0.2) is 56.1 Å². The predicted molar refractivity (Wildman–Crippen MR) is 77.0 cm³/mol. The molecular weight excluding hydrogens is 296 g/mol. The number of ether oxygens (including phenoxy) is 1. The van der Waals surface area contributed by atoms with Gasteiger partial charge in [-0.1, -0.05) is 19.3 Å². The van der Waals surface area contributed by atoms with Crippen LogP contribution in [0.4, 0.5) is 0 Å². The second kappa shape index (κ2) is 6.20. The van der Waals surface area contributed by atoms with Crippen molar-refractivity contribution in [3.63, 3.8) is 0 Å². The van der Waals surface area contributed by atoms with Gasteiger partial charge in [-0.3, -0.25) is 4.79 Å². The Balaban J connectivity index is 2.08. The molecule has 0 aromatic carbocycles. The maximum absolute atomic E-state index is 12.5. The minimum absolute atomic E-state index is 0.00495. The second-order valence-electron chi connectivity index (χ2n) is 6.22. The Morgan fingerprint density at radius 1 is 1.33 bits per heavy atom. The first-order chi connectivity index (χ1) is 9.77. The fourth-order valence-electron chi connectivity index (χ4n) is 2.95. The van der Waals surface area contributed by atoms with E-state index in [0.717, 1.165) is 32.1 Å². The highest BCUT2D eigenvalue weighted by atomic mass is 32.2. The molecule has 2 unspecified atom stereocenters. The van der Waals surface area contributed by atoms with E-state index in [4.69, 9.17) is 4.74 Å². The summed E-state index contributed by atoms with van der Waals surface area (Å²) in [4.78, 5) is 11.4. The van der Waals surface area contributed by atoms with E-state index in [1.807, 2.05) is 0 Å². The van der Waals surface area contributed by atoms with Crippen LogP contribution in [0.5, 0.6) is 0 Å². The van der Waals surface area contributed by atoms with Crippen LogP contribution >= 0.6 is 0 Å². The lowest BCUT2D eigenvalue weighted by molar-refractivity contribution is -0.148. The maximum Gasteiger partial charge on any atom is 0.313 e. The number of carboxylic acid groups (broad SMARTS) is 1. The van der Waals surface area contributed by atoms with Gasteiger partial charge in [-0.15, -0.1) is 0 Å². The van der Waals surface area contributed by atoms with Gasteiger partial charge in [0.15, 0.2) is 0 Å². The molecule has 0 amide bonds. The van der Waals surface area contributed by atoms with Gasteiger partial charge in [-0.05, 0) is 19.8 Å². The molecule has 2 N–H and O–H groups in total. The molecule has 1 saturated carbocycles. The summed E-state index contributed by atoms with van der Waals surface area (Å²) in [5.41, 5.74) is -1.22. The van der Waals surface area contributed by atoms with E-state index >= 15 is 0 Å². The monoisotopic (exact) mass is 320 g/mol. The molecule has 0 aromatic heterocycles. The molecule has 0 radical (unpaired) electrons. The van der Waals surface area contributed by atoms with Crippen molar-refractivity contribution in [2.45, 2.75) is 51.1 Å². The minimum atomic E-state index is -3.71. The minimum Gasteiger partial charge on any atom is -0.481 e. The van der Waals surface area contributed by atoms with Crippen LogP contribution in [0.25, 0.3) is 0 Å². The van der Waals surface area contributed by atoms with Crippen LogP contribution in [0.1, 0.15) is 39.0 Å². The first-order valence-corrected chi connectivity index (χ1v) is 8.78. The van der Waals surface area contributed by atoms with Crippen molar-refractivity contribution in [1.82, 2.24) is 9.03 Å². The topological polar surface area (TPSA) is 95.9 Å². The molecule has 2 fully saturated rings. The van der Waals surface area contributed by atoms with E-state index in [1.165, 1.54) is 11.2 Å². The third-order valence-electron chi connectivity index (χ3n) is 4.70. The van der Waals surface area contributed by atoms with Crippen molar-refractivity contribution < 1.29 is 23.1 Å². The summed E-state index contributed by atoms with van der Waals surface area (Å²) in [6.07, 6.45) is 4.92. The van der Waals surface area contributed by atoms with E-state index in [2.05, 4.69) is 4.72 Å². The lowest BCUT2D eigenvalue weighted by Crippen LogP contribution is -2.54. The Labute approximate surface area is 125 Å². The third kappa shape index (κ3) is 3.39. The number of nitrogens with one attached hydrogen (secondary N) is 1. The Morgan fingerprint density at radius 2 is 1.95 bits per heavy atom. The van der Waals surface area contributed by atoms with Gasteiger partial charge >= 0.3 is 5.97 Å². The zero-order valence-corrected chi connectivity index (χ0v) is 13.4. The second-order valence-corrected chi connectivity index (χ2v) is 7.98. The molecule has 1 saturated heterocycles. The van der Waals surface area contributed by atoms with Gasteiger partial charge < -0.3 is 9.84 Å². The lowest BCUT2D eigenvalue weighted by Gasteiger charge is -2.33. The molecule has 7 nitrogen and oxygen atoms in total. The molecule has 2 atom stereocenters. The van der Waals surface area contributed by atoms with Gasteiger partial charge in [-0.2, -0.15) is 17.4 Å². The molecule has 1 aliphatic carbocycles. The van der Waals surface area contributed by atoms with Gasteiger partial charge in [0.1, 0.15) is 5.41 Å². The molecule has 0 bridgehead atoms. The maximum atomic E-state index is 12.5. The summed E-state index contributed by atoms with van der Waals surface area (Å²) in [6.45, 7) is 1.61. The van der Waals surface area contributed by atoms with Crippen molar-refractivity contribution in [1.29, 1.82) is 0 Å². The summed E-state index contributed by atoms with van der Waals surface area (Å²) in [5.74, 6) is -1.05. The zero-order chi connectivity index (χ0) is 15.7. The summed E-state index contributed by atoms with van der Waals surface area (Å²) in [7, 11) is -2.15. The predicted octanol–water partition coefficient (Wildman–Crippen LogP) is 0.575. The highest BCUT2D eigenvalue weighted by Crippen LogP contribution is 2.30. The summed E-state index contributed by atoms with van der Waals surface area (Å²) in [5, 5.41) is 9.30. The van der Waals surface area contributed by atoms with Gasteiger partial charge in [0.25, 0.3) is 10.2 Å². The Bertz CT molecular complexity index is 489. The first kappa shape index (κ1) is 16.7. The Kier molecular flexibility index (Phi) is 4.92. The number of rotatable bonds is 5. The van der Waals surface area contributed by atoms with Crippen molar-refractivity contribution in [3.8, 4) is 0 Å². The standard InChI is InChI=1S/C13H24N2O5S/c1-13(12(16)17)9-20-8-11(13)14-21(18,19)15(2)10-6-4-3-5-7-10/h10-11,14H,3-9H2,1-2H3,(H,16,17). The fraction of sp³-hybridized carbons (Fsp3) is 0.923. The van der Waals surface area contributed by atoms with Crippen LogP contribution in [0.3, 0.4) is 0 Å². The van der Waals surface area contributed by atoms with E-state index in [0.29, 0.717) is 0 Å². The van der Waals surface area contributed by atoms with E-state index in [1.54, 1.807) is 7.05 Å². The van der Waals surface area contributed by atoms with E-state index in [-0.39, 0.29) is 19.3 Å². The molecule has 1 heterocycles. The number of carbonyl (C=O) groups is 1. The van der Waals surface area contributed by atoms with Crippen LogP contribution in [0, 0.1) is 5.41 Å². The van der Waals surface area contributed by atoms with Crippen molar-refractivity contribution >= 4 is 16.2 Å². The summed E-state index contributed by atoms with van der Waals surface area (Å²) >= 11 is 0. The molecule has 1 aliphatic heterocycles. The SMILES string of the molecule is CN(C1CCCCC1)S(=O)(=O)NC1COCC1(C)C(=O)O. The molecule has 2 rings (SSSR count). The average Bonchev–Trinajstić information content (AvgIpc) is 2.81. The largest absolute Gasteiger partial charge is 0.481 e. The summed E-state index contributed by atoms with van der Waals surface area (Å²) in [6, 6.07) is -0.749. The van der Waals surface area contributed by atoms with Gasteiger partial charge in [0.2, 0.25) is 0 Å². The van der Waals surface area contributed by atoms with Crippen LogP contribution < -0.4 is 4.72 Å². The molecular formula is C13H24N2O5S. The molecule has 0 aromatic rings. The van der Waals surface area contributed by atoms with Crippen LogP contribution in [0.2, 0.25) is 0 Å². The highest BCUT2D eigenvalue weighted by molar-refractivity contribution is 7.87. The van der Waals surface area contributed by atoms with Gasteiger partial charge in [-0.25, -0.2) is 0 Å². The van der Waals surface area contributed by atoms with E-state index in [9.17, 15) is 18.3 Å². The smallest absolute Gasteiger partial charge is 0.313 e. The van der Waals surface area contributed by atoms with Gasteiger partial charge in [0, 0.05) is 13.1 Å². The van der Waals surface area contributed by atoms with Crippen molar-refractivity contribution in [2.75, 3.05) is 20.3 Å².